The van der Waals surface area contributed by atoms with Gasteiger partial charge in [-0.2, -0.15) is 0 Å². The van der Waals surface area contributed by atoms with E-state index in [9.17, 15) is 10.2 Å². The number of aliphatic hydroxyl groups is 2. The number of rotatable bonds is 9. The van der Waals surface area contributed by atoms with Gasteiger partial charge in [0, 0.05) is 5.92 Å². The second-order valence-corrected chi connectivity index (χ2v) is 9.93. The number of hydrogen-bond acceptors (Lipinski definition) is 8. The summed E-state index contributed by atoms with van der Waals surface area (Å²) in [6.07, 6.45) is -3.29. The Labute approximate surface area is 222 Å². The van der Waals surface area contributed by atoms with Crippen molar-refractivity contribution in [2.75, 3.05) is 14.2 Å². The normalized spacial score (nSPS) is 30.7. The molecule has 3 aromatic carbocycles. The van der Waals surface area contributed by atoms with Gasteiger partial charge in [-0.3, -0.25) is 0 Å². The summed E-state index contributed by atoms with van der Waals surface area (Å²) in [5.41, 5.74) is 0.417. The van der Waals surface area contributed by atoms with Gasteiger partial charge in [0.05, 0.1) is 33.5 Å². The Hall–Kier alpha value is -2.59. The molecule has 196 valence electrons. The summed E-state index contributed by atoms with van der Waals surface area (Å²) in [5.74, 6) is 0.896. The largest absolute Gasteiger partial charge is 0.497 e. The number of benzene rings is 3. The van der Waals surface area contributed by atoms with Crippen molar-refractivity contribution in [1.82, 2.24) is 0 Å². The summed E-state index contributed by atoms with van der Waals surface area (Å²) in [7, 11) is 3.24. The average molecular weight is 525 g/mol. The van der Waals surface area contributed by atoms with Crippen LogP contribution in [0.4, 0.5) is 0 Å². The first-order chi connectivity index (χ1) is 18.0. The molecule has 8 heteroatoms. The summed E-state index contributed by atoms with van der Waals surface area (Å²) in [4.78, 5) is 0. The Kier molecular flexibility index (Phi) is 7.76. The van der Waals surface area contributed by atoms with Gasteiger partial charge in [0.25, 0.3) is 0 Å². The highest BCUT2D eigenvalue weighted by molar-refractivity contribution is 7.80. The van der Waals surface area contributed by atoms with E-state index < -0.39 is 41.4 Å². The van der Waals surface area contributed by atoms with E-state index in [1.165, 1.54) is 0 Å². The molecule has 5 rings (SSSR count). The van der Waals surface area contributed by atoms with Crippen molar-refractivity contribution in [2.24, 2.45) is 0 Å². The molecule has 7 atom stereocenters. The predicted octanol–water partition coefficient (Wildman–Crippen LogP) is 3.72. The number of hydrogen-bond donors (Lipinski definition) is 3. The van der Waals surface area contributed by atoms with Gasteiger partial charge in [-0.1, -0.05) is 54.6 Å². The van der Waals surface area contributed by atoms with E-state index >= 15 is 0 Å². The highest BCUT2D eigenvalue weighted by Gasteiger charge is 2.71. The van der Waals surface area contributed by atoms with Gasteiger partial charge >= 0.3 is 0 Å². The summed E-state index contributed by atoms with van der Waals surface area (Å²) >= 11 is 4.64. The molecule has 37 heavy (non-hydrogen) atoms. The molecule has 1 aliphatic carbocycles. The molecular weight excluding hydrogens is 492 g/mol. The Balaban J connectivity index is 1.42. The van der Waals surface area contributed by atoms with Crippen LogP contribution >= 0.6 is 12.6 Å². The predicted molar refractivity (Wildman–Crippen MR) is 141 cm³/mol. The van der Waals surface area contributed by atoms with Crippen LogP contribution in [0.2, 0.25) is 0 Å². The van der Waals surface area contributed by atoms with Gasteiger partial charge in [-0.25, -0.2) is 0 Å². The quantitative estimate of drug-likeness (QED) is 0.368. The van der Waals surface area contributed by atoms with Gasteiger partial charge in [0.2, 0.25) is 0 Å². The van der Waals surface area contributed by atoms with Crippen molar-refractivity contribution in [1.29, 1.82) is 0 Å². The third-order valence-corrected chi connectivity index (χ3v) is 7.69. The summed E-state index contributed by atoms with van der Waals surface area (Å²) in [6, 6.07) is 24.6. The van der Waals surface area contributed by atoms with E-state index in [0.717, 1.165) is 28.2 Å². The first-order valence-corrected chi connectivity index (χ1v) is 12.7. The Morgan fingerprint density at radius 1 is 0.811 bits per heavy atom. The zero-order valence-corrected chi connectivity index (χ0v) is 21.7. The lowest BCUT2D eigenvalue weighted by Gasteiger charge is -2.63. The lowest BCUT2D eigenvalue weighted by Crippen LogP contribution is -2.80. The van der Waals surface area contributed by atoms with Crippen LogP contribution in [-0.4, -0.2) is 59.9 Å². The molecule has 3 aromatic rings. The maximum Gasteiger partial charge on any atom is 0.131 e. The van der Waals surface area contributed by atoms with Gasteiger partial charge in [0.1, 0.15) is 40.8 Å². The van der Waals surface area contributed by atoms with Crippen molar-refractivity contribution in [3.8, 4) is 11.5 Å². The lowest BCUT2D eigenvalue weighted by molar-refractivity contribution is -0.351. The molecule has 0 aromatic heterocycles. The number of methoxy groups -OCH3 is 2. The highest BCUT2D eigenvalue weighted by Crippen LogP contribution is 2.55. The van der Waals surface area contributed by atoms with E-state index in [-0.39, 0.29) is 13.2 Å². The molecule has 2 unspecified atom stereocenters. The SMILES string of the molecule is COc1ccc(CO[C@H]2[C@@H](OCc3ccc(OC)cc3)[C@@]3(O)C(c4ccccc4)C(O)[C@H]3O[C@@H]2S)cc1. The standard InChI is InChI=1S/C29H32O7S/c1-32-21-12-8-18(9-13-21)16-34-25-27(35-17-19-10-14-22(33-2)15-11-19)29(31)23(20-6-4-3-5-7-20)24(30)26(29)36-28(25)37/h3-15,23-28,30-31,37H,16-17H2,1-2H3/t23?,24?,25-,26+,27+,28+,29+/m0/s1. The zero-order valence-electron chi connectivity index (χ0n) is 20.8. The van der Waals surface area contributed by atoms with E-state index in [0.29, 0.717) is 0 Å². The monoisotopic (exact) mass is 524 g/mol. The van der Waals surface area contributed by atoms with Crippen LogP contribution in [0.25, 0.3) is 0 Å². The van der Waals surface area contributed by atoms with E-state index in [1.807, 2.05) is 78.9 Å². The molecule has 7 nitrogen and oxygen atoms in total. The molecule has 1 saturated carbocycles. The summed E-state index contributed by atoms with van der Waals surface area (Å²) in [5, 5.41) is 23.1. The molecule has 0 radical (unpaired) electrons. The van der Waals surface area contributed by atoms with Crippen molar-refractivity contribution in [2.45, 2.75) is 54.6 Å². The van der Waals surface area contributed by atoms with Crippen LogP contribution in [0.5, 0.6) is 11.5 Å². The van der Waals surface area contributed by atoms with Crippen LogP contribution < -0.4 is 9.47 Å². The van der Waals surface area contributed by atoms with Crippen LogP contribution in [0.3, 0.4) is 0 Å². The average Bonchev–Trinajstić information content (AvgIpc) is 2.94. The van der Waals surface area contributed by atoms with Crippen molar-refractivity contribution in [3.63, 3.8) is 0 Å². The first kappa shape index (κ1) is 26.0. The highest BCUT2D eigenvalue weighted by atomic mass is 32.1. The van der Waals surface area contributed by atoms with Gasteiger partial charge in [-0.15, -0.1) is 12.6 Å². The minimum atomic E-state index is -1.52. The second kappa shape index (κ2) is 11.0. The molecule has 1 aliphatic heterocycles. The Morgan fingerprint density at radius 3 is 1.89 bits per heavy atom. The molecule has 1 heterocycles. The fourth-order valence-electron chi connectivity index (χ4n) is 5.29. The van der Waals surface area contributed by atoms with Crippen LogP contribution in [-0.2, 0) is 27.4 Å². The zero-order chi connectivity index (χ0) is 26.0. The minimum absolute atomic E-state index is 0.226. The summed E-state index contributed by atoms with van der Waals surface area (Å²) < 4.78 is 29.2. The molecule has 2 aliphatic rings. The van der Waals surface area contributed by atoms with Crippen LogP contribution in [0.15, 0.2) is 78.9 Å². The van der Waals surface area contributed by atoms with Crippen molar-refractivity contribution in [3.05, 3.63) is 95.6 Å². The van der Waals surface area contributed by atoms with Crippen molar-refractivity contribution >= 4 is 12.6 Å². The van der Waals surface area contributed by atoms with Gasteiger partial charge < -0.3 is 33.9 Å². The third kappa shape index (κ3) is 4.97. The Morgan fingerprint density at radius 2 is 1.35 bits per heavy atom. The lowest BCUT2D eigenvalue weighted by atomic mass is 9.57. The maximum atomic E-state index is 12.1. The number of aliphatic hydroxyl groups excluding tert-OH is 1. The number of ether oxygens (including phenoxy) is 5. The molecule has 1 saturated heterocycles. The molecule has 0 bridgehead atoms. The fraction of sp³-hybridized carbons (Fsp3) is 0.379. The topological polar surface area (TPSA) is 86.6 Å². The summed E-state index contributed by atoms with van der Waals surface area (Å²) in [6.45, 7) is 0.487. The smallest absolute Gasteiger partial charge is 0.131 e. The fourth-order valence-corrected chi connectivity index (χ4v) is 5.67. The van der Waals surface area contributed by atoms with Gasteiger partial charge in [-0.05, 0) is 41.0 Å². The molecule has 2 N–H and O–H groups in total. The molecule has 2 fully saturated rings. The third-order valence-electron chi connectivity index (χ3n) is 7.28. The molecule has 0 spiro atoms. The van der Waals surface area contributed by atoms with Crippen LogP contribution in [0.1, 0.15) is 22.6 Å². The molecular formula is C29H32O7S. The van der Waals surface area contributed by atoms with Gasteiger partial charge in [0.15, 0.2) is 0 Å². The van der Waals surface area contributed by atoms with Crippen LogP contribution in [0, 0.1) is 0 Å². The second-order valence-electron chi connectivity index (χ2n) is 9.42. The number of fused-ring (bicyclic) bond motifs is 1. The minimum Gasteiger partial charge on any atom is -0.497 e. The van der Waals surface area contributed by atoms with E-state index in [1.54, 1.807) is 14.2 Å². The van der Waals surface area contributed by atoms with E-state index in [2.05, 4.69) is 12.6 Å². The Bertz CT molecular complexity index is 1160. The van der Waals surface area contributed by atoms with E-state index in [4.69, 9.17) is 23.7 Å². The van der Waals surface area contributed by atoms with Crippen molar-refractivity contribution < 1.29 is 33.9 Å². The maximum absolute atomic E-state index is 12.1. The molecule has 0 amide bonds. The first-order valence-electron chi connectivity index (χ1n) is 12.2. The number of thiol groups is 1.